The molecule has 3 aliphatic heterocycles. The normalized spacial score (nSPS) is 54.9. The predicted molar refractivity (Wildman–Crippen MR) is 172 cm³/mol. The molecule has 2 N–H and O–H groups in total. The maximum absolute atomic E-state index is 12.5. The van der Waals surface area contributed by atoms with Crippen LogP contribution >= 0.6 is 0 Å². The third-order valence-electron chi connectivity index (χ3n) is 16.5. The topological polar surface area (TPSA) is 80.6 Å². The van der Waals surface area contributed by atoms with Gasteiger partial charge in [0.15, 0.2) is 6.29 Å². The minimum absolute atomic E-state index is 0.0478. The lowest BCUT2D eigenvalue weighted by atomic mass is 9.41. The van der Waals surface area contributed by atoms with E-state index in [0.29, 0.717) is 40.5 Å². The molecular weight excluding hydrogens is 566 g/mol. The largest absolute Gasteiger partial charge is 0.390 e. The van der Waals surface area contributed by atoms with E-state index in [4.69, 9.17) is 18.9 Å². The minimum atomic E-state index is -0.529. The van der Waals surface area contributed by atoms with Crippen molar-refractivity contribution in [2.45, 2.75) is 150 Å². The summed E-state index contributed by atoms with van der Waals surface area (Å²) in [6.07, 6.45) is 8.14. The van der Waals surface area contributed by atoms with Crippen LogP contribution < -0.4 is 0 Å². The Hall–Kier alpha value is -0.280. The number of hydrogen-bond donors (Lipinski definition) is 2. The van der Waals surface area contributed by atoms with E-state index >= 15 is 0 Å². The van der Waals surface area contributed by atoms with E-state index in [1.54, 1.807) is 0 Å². The fourth-order valence-electron chi connectivity index (χ4n) is 14.0. The fourth-order valence-corrected chi connectivity index (χ4v) is 14.0. The first-order valence-corrected chi connectivity index (χ1v) is 18.7. The smallest absolute Gasteiger partial charge is 0.170 e. The Kier molecular flexibility index (Phi) is 7.20. The van der Waals surface area contributed by atoms with Crippen molar-refractivity contribution in [1.82, 2.24) is 4.90 Å². The molecule has 0 aromatic rings. The molecule has 7 nitrogen and oxygen atoms in total. The first-order chi connectivity index (χ1) is 21.1. The lowest BCUT2D eigenvalue weighted by Crippen LogP contribution is -2.60. The molecule has 3 saturated heterocycles. The summed E-state index contributed by atoms with van der Waals surface area (Å²) in [4.78, 5) is 2.51. The van der Waals surface area contributed by atoms with Gasteiger partial charge in [-0.1, -0.05) is 55.4 Å². The van der Waals surface area contributed by atoms with Crippen molar-refractivity contribution >= 4 is 0 Å². The Balaban J connectivity index is 1.03. The highest BCUT2D eigenvalue weighted by Gasteiger charge is 2.84. The number of morpholine rings is 1. The highest BCUT2D eigenvalue weighted by atomic mass is 16.7. The third-order valence-corrected chi connectivity index (χ3v) is 16.5. The van der Waals surface area contributed by atoms with E-state index in [9.17, 15) is 10.2 Å². The molecule has 45 heavy (non-hydrogen) atoms. The zero-order chi connectivity index (χ0) is 31.9. The van der Waals surface area contributed by atoms with Gasteiger partial charge in [-0.2, -0.15) is 0 Å². The Labute approximate surface area is 272 Å². The molecule has 0 amide bonds. The standard InChI is InChI=1S/C38H63NO6/c1-22-17-24(31(40)33(2,3)4)44-30-29(22)35(7)13-14-38-21-37(38)12-11-27(45-28-18-39(15-16-43-28)23-19-42-20-23)34(5,6)25(37)9-10-26(38)36(35,8)32(30)41/h22-32,40-41H,9-21H2,1-8H3/t22-,24?,25+,26?,27?,28+,29?,30?,31?,32+,35?,36-,37?,38?/m1/s1. The van der Waals surface area contributed by atoms with E-state index < -0.39 is 12.2 Å². The number of aliphatic hydroxyl groups is 2. The van der Waals surface area contributed by atoms with Crippen LogP contribution in [-0.2, 0) is 18.9 Å². The van der Waals surface area contributed by atoms with Crippen molar-refractivity contribution in [3.8, 4) is 0 Å². The maximum Gasteiger partial charge on any atom is 0.170 e. The highest BCUT2D eigenvalue weighted by Crippen LogP contribution is 2.89. The van der Waals surface area contributed by atoms with Crippen LogP contribution in [0.15, 0.2) is 0 Å². The van der Waals surface area contributed by atoms with Crippen molar-refractivity contribution < 1.29 is 29.2 Å². The van der Waals surface area contributed by atoms with Crippen LogP contribution in [-0.4, -0.2) is 90.9 Å². The Morgan fingerprint density at radius 1 is 0.956 bits per heavy atom. The van der Waals surface area contributed by atoms with E-state index in [1.807, 2.05) is 0 Å². The Morgan fingerprint density at radius 3 is 2.36 bits per heavy atom. The number of aliphatic hydroxyl groups excluding tert-OH is 2. The summed E-state index contributed by atoms with van der Waals surface area (Å²) in [5.41, 5.74) is 0.427. The lowest BCUT2D eigenvalue weighted by Gasteiger charge is -2.64. The van der Waals surface area contributed by atoms with Gasteiger partial charge in [-0.3, -0.25) is 4.90 Å². The van der Waals surface area contributed by atoms with Gasteiger partial charge in [0, 0.05) is 12.0 Å². The lowest BCUT2D eigenvalue weighted by molar-refractivity contribution is -0.256. The van der Waals surface area contributed by atoms with E-state index in [0.717, 1.165) is 45.8 Å². The van der Waals surface area contributed by atoms with Gasteiger partial charge in [0.25, 0.3) is 0 Å². The van der Waals surface area contributed by atoms with Gasteiger partial charge in [-0.05, 0) is 102 Å². The molecule has 2 spiro atoms. The van der Waals surface area contributed by atoms with Crippen LogP contribution in [0.2, 0.25) is 0 Å². The molecule has 14 atom stereocenters. The number of hydrogen-bond acceptors (Lipinski definition) is 7. The number of fused-ring (bicyclic) bond motifs is 4. The van der Waals surface area contributed by atoms with Gasteiger partial charge in [-0.15, -0.1) is 0 Å². The first-order valence-electron chi connectivity index (χ1n) is 18.7. The van der Waals surface area contributed by atoms with Crippen LogP contribution in [0, 0.1) is 56.2 Å². The SMILES string of the molecule is C[C@@H]1CC(C(O)C(C)(C)C)OC2C1C1(C)CCC34CC35CCC(O[C@H]3CN(C6COC6)CCO3)C(C)(C)[C@@H]5CCC4[C@]1(C)[C@H]2O. The maximum atomic E-state index is 12.5. The van der Waals surface area contributed by atoms with Gasteiger partial charge in [0.2, 0.25) is 0 Å². The molecule has 3 heterocycles. The van der Waals surface area contributed by atoms with Crippen molar-refractivity contribution in [1.29, 1.82) is 0 Å². The van der Waals surface area contributed by atoms with Crippen LogP contribution in [0.1, 0.15) is 107 Å². The zero-order valence-corrected chi connectivity index (χ0v) is 29.5. The van der Waals surface area contributed by atoms with Gasteiger partial charge < -0.3 is 29.2 Å². The average molecular weight is 630 g/mol. The van der Waals surface area contributed by atoms with E-state index in [1.165, 1.54) is 38.5 Å². The summed E-state index contributed by atoms with van der Waals surface area (Å²) in [6, 6.07) is 0.528. The summed E-state index contributed by atoms with van der Waals surface area (Å²) in [5.74, 6) is 1.94. The van der Waals surface area contributed by atoms with Crippen LogP contribution in [0.25, 0.3) is 0 Å². The fraction of sp³-hybridized carbons (Fsp3) is 1.00. The molecule has 0 aromatic heterocycles. The molecule has 256 valence electrons. The molecule has 8 aliphatic rings. The van der Waals surface area contributed by atoms with Crippen molar-refractivity contribution in [3.05, 3.63) is 0 Å². The summed E-state index contributed by atoms with van der Waals surface area (Å²) in [6.45, 7) is 22.9. The van der Waals surface area contributed by atoms with Crippen LogP contribution in [0.3, 0.4) is 0 Å². The molecule has 5 saturated carbocycles. The number of rotatable bonds is 4. The molecule has 7 heteroatoms. The molecular formula is C38H63NO6. The monoisotopic (exact) mass is 629 g/mol. The zero-order valence-electron chi connectivity index (χ0n) is 29.5. The quantitative estimate of drug-likeness (QED) is 0.416. The first kappa shape index (κ1) is 32.0. The molecule has 8 rings (SSSR count). The minimum Gasteiger partial charge on any atom is -0.390 e. The second kappa shape index (κ2) is 10.1. The van der Waals surface area contributed by atoms with Crippen molar-refractivity contribution in [2.24, 2.45) is 56.2 Å². The third kappa shape index (κ3) is 4.13. The Bertz CT molecular complexity index is 1170. The van der Waals surface area contributed by atoms with E-state index in [2.05, 4.69) is 60.3 Å². The average Bonchev–Trinajstić information content (AvgIpc) is 3.57. The molecule has 0 radical (unpaired) electrons. The number of ether oxygens (including phenoxy) is 4. The molecule has 0 bridgehead atoms. The molecule has 8 fully saturated rings. The van der Waals surface area contributed by atoms with Crippen LogP contribution in [0.4, 0.5) is 0 Å². The molecule has 9 unspecified atom stereocenters. The Morgan fingerprint density at radius 2 is 1.67 bits per heavy atom. The van der Waals surface area contributed by atoms with Gasteiger partial charge >= 0.3 is 0 Å². The van der Waals surface area contributed by atoms with Crippen molar-refractivity contribution in [2.75, 3.05) is 32.9 Å². The van der Waals surface area contributed by atoms with Crippen LogP contribution in [0.5, 0.6) is 0 Å². The highest BCUT2D eigenvalue weighted by molar-refractivity contribution is 5.33. The van der Waals surface area contributed by atoms with Gasteiger partial charge in [-0.25, -0.2) is 0 Å². The molecule has 0 aromatic carbocycles. The van der Waals surface area contributed by atoms with Crippen molar-refractivity contribution in [3.63, 3.8) is 0 Å². The summed E-state index contributed by atoms with van der Waals surface area (Å²) >= 11 is 0. The number of nitrogens with zero attached hydrogens (tertiary/aromatic N) is 1. The predicted octanol–water partition coefficient (Wildman–Crippen LogP) is 5.65. The second-order valence-corrected chi connectivity index (χ2v) is 19.5. The molecule has 5 aliphatic carbocycles. The van der Waals surface area contributed by atoms with Gasteiger partial charge in [0.1, 0.15) is 0 Å². The van der Waals surface area contributed by atoms with Gasteiger partial charge in [0.05, 0.1) is 62.9 Å². The summed E-state index contributed by atoms with van der Waals surface area (Å²) in [5, 5.41) is 23.8. The second-order valence-electron chi connectivity index (χ2n) is 19.5. The summed E-state index contributed by atoms with van der Waals surface area (Å²) in [7, 11) is 0. The van der Waals surface area contributed by atoms with E-state index in [-0.39, 0.29) is 46.3 Å². The summed E-state index contributed by atoms with van der Waals surface area (Å²) < 4.78 is 25.4.